The minimum atomic E-state index is -1.24. The Morgan fingerprint density at radius 1 is 0.825 bits per heavy atom. The largest absolute Gasteiger partial charge is 0.480 e. The van der Waals surface area contributed by atoms with E-state index in [1.807, 2.05) is 54.6 Å². The Bertz CT molecular complexity index is 1900. The molecular weight excluding hydrogens is 732 g/mol. The smallest absolute Gasteiger partial charge is 0.326 e. The van der Waals surface area contributed by atoms with E-state index >= 15 is 0 Å². The summed E-state index contributed by atoms with van der Waals surface area (Å²) in [5, 5.41) is 26.7. The first kappa shape index (κ1) is 43.8. The van der Waals surface area contributed by atoms with Gasteiger partial charge in [-0.2, -0.15) is 0 Å². The molecule has 16 heteroatoms. The Labute approximate surface area is 332 Å². The van der Waals surface area contributed by atoms with Crippen molar-refractivity contribution in [1.82, 2.24) is 41.8 Å². The predicted molar refractivity (Wildman–Crippen MR) is 214 cm³/mol. The van der Waals surface area contributed by atoms with Crippen molar-refractivity contribution in [2.75, 3.05) is 13.6 Å². The van der Waals surface area contributed by atoms with Gasteiger partial charge in [0.05, 0.1) is 0 Å². The number of rotatable bonds is 9. The van der Waals surface area contributed by atoms with Crippen LogP contribution < -0.4 is 31.9 Å². The van der Waals surface area contributed by atoms with E-state index in [-0.39, 0.29) is 25.8 Å². The molecule has 1 aromatic heterocycles. The molecule has 2 heterocycles. The first-order chi connectivity index (χ1) is 27.1. The predicted octanol–water partition coefficient (Wildman–Crippen LogP) is 1.99. The van der Waals surface area contributed by atoms with Crippen LogP contribution in [-0.2, 0) is 41.6 Å². The van der Waals surface area contributed by atoms with Crippen LogP contribution in [0.5, 0.6) is 0 Å². The average molecular weight is 789 g/mol. The van der Waals surface area contributed by atoms with Gasteiger partial charge in [0.1, 0.15) is 36.3 Å². The number of aromatic nitrogens is 1. The third-order valence-electron chi connectivity index (χ3n) is 10.2. The fraction of sp³-hybridized carbons (Fsp3) is 0.488. The fourth-order valence-electron chi connectivity index (χ4n) is 6.67. The second-order valence-electron chi connectivity index (χ2n) is 15.2. The molecule has 1 fully saturated rings. The molecule has 1 aliphatic heterocycles. The molecule has 7 amide bonds. The number of hydrogen-bond acceptors (Lipinski definition) is 7. The van der Waals surface area contributed by atoms with Crippen LogP contribution in [0.15, 0.2) is 60.8 Å². The number of para-hydroxylation sites is 1. The maximum Gasteiger partial charge on any atom is 0.326 e. The summed E-state index contributed by atoms with van der Waals surface area (Å²) < 4.78 is 0. The molecule has 4 rings (SSSR count). The highest BCUT2D eigenvalue weighted by Gasteiger charge is 2.36. The number of hydrogen-bond donors (Lipinski definition) is 8. The van der Waals surface area contributed by atoms with Gasteiger partial charge in [-0.3, -0.25) is 24.0 Å². The van der Waals surface area contributed by atoms with Crippen molar-refractivity contribution in [1.29, 1.82) is 0 Å². The number of aliphatic carboxylic acids is 1. The quantitative estimate of drug-likeness (QED) is 0.160. The molecule has 308 valence electrons. The van der Waals surface area contributed by atoms with Crippen molar-refractivity contribution in [3.05, 3.63) is 71.9 Å². The van der Waals surface area contributed by atoms with Crippen molar-refractivity contribution in [3.63, 3.8) is 0 Å². The molecule has 6 atom stereocenters. The molecule has 0 saturated carbocycles. The van der Waals surface area contributed by atoms with Crippen LogP contribution in [0.25, 0.3) is 10.9 Å². The van der Waals surface area contributed by atoms with Gasteiger partial charge in [0.2, 0.25) is 29.5 Å². The van der Waals surface area contributed by atoms with Gasteiger partial charge in [0, 0.05) is 43.5 Å². The summed E-state index contributed by atoms with van der Waals surface area (Å²) >= 11 is 0. The Kier molecular flexibility index (Phi) is 15.6. The molecule has 0 radical (unpaired) electrons. The van der Waals surface area contributed by atoms with Gasteiger partial charge in [-0.15, -0.1) is 0 Å². The van der Waals surface area contributed by atoms with Crippen LogP contribution in [0, 0.1) is 11.8 Å². The van der Waals surface area contributed by atoms with Crippen LogP contribution in [0.4, 0.5) is 4.79 Å². The van der Waals surface area contributed by atoms with Crippen molar-refractivity contribution in [2.24, 2.45) is 11.8 Å². The lowest BCUT2D eigenvalue weighted by molar-refractivity contribution is -0.142. The molecule has 1 saturated heterocycles. The summed E-state index contributed by atoms with van der Waals surface area (Å²) in [4.78, 5) is 99.0. The normalized spacial score (nSPS) is 22.7. The number of amides is 7. The number of fused-ring (bicyclic) bond motifs is 1. The lowest BCUT2D eigenvalue weighted by Crippen LogP contribution is -2.60. The summed E-state index contributed by atoms with van der Waals surface area (Å²) in [6, 6.07) is 8.96. The van der Waals surface area contributed by atoms with Crippen LogP contribution >= 0.6 is 0 Å². The first-order valence-electron chi connectivity index (χ1n) is 19.4. The molecular formula is C41H56N8O8. The van der Waals surface area contributed by atoms with Gasteiger partial charge in [-0.05, 0) is 55.2 Å². The number of likely N-dealkylation sites (N-methyl/N-ethyl adjacent to an activating group) is 1. The number of nitrogens with zero attached hydrogens (tertiary/aromatic N) is 1. The number of H-pyrrole nitrogens is 1. The van der Waals surface area contributed by atoms with Gasteiger partial charge in [-0.1, -0.05) is 76.2 Å². The van der Waals surface area contributed by atoms with E-state index in [0.717, 1.165) is 22.0 Å². The van der Waals surface area contributed by atoms with Gasteiger partial charge in [0.25, 0.3) is 0 Å². The number of carbonyl (C=O) groups is 7. The Hall–Kier alpha value is -5.93. The molecule has 0 spiro atoms. The minimum Gasteiger partial charge on any atom is -0.480 e. The van der Waals surface area contributed by atoms with Crippen LogP contribution in [0.3, 0.4) is 0 Å². The zero-order chi connectivity index (χ0) is 41.8. The van der Waals surface area contributed by atoms with Gasteiger partial charge in [0.15, 0.2) is 0 Å². The third kappa shape index (κ3) is 12.0. The highest BCUT2D eigenvalue weighted by molar-refractivity contribution is 5.97. The maximum atomic E-state index is 14.3. The average Bonchev–Trinajstić information content (AvgIpc) is 3.58. The zero-order valence-electron chi connectivity index (χ0n) is 33.4. The van der Waals surface area contributed by atoms with Crippen molar-refractivity contribution in [2.45, 2.75) is 103 Å². The molecule has 57 heavy (non-hydrogen) atoms. The lowest BCUT2D eigenvalue weighted by Gasteiger charge is -2.31. The number of benzene rings is 2. The van der Waals surface area contributed by atoms with E-state index in [0.29, 0.717) is 12.8 Å². The highest BCUT2D eigenvalue weighted by atomic mass is 16.4. The van der Waals surface area contributed by atoms with E-state index in [1.54, 1.807) is 33.9 Å². The van der Waals surface area contributed by atoms with Crippen LogP contribution in [0.1, 0.15) is 65.0 Å². The first-order valence-corrected chi connectivity index (χ1v) is 19.4. The lowest BCUT2D eigenvalue weighted by atomic mass is 9.99. The summed E-state index contributed by atoms with van der Waals surface area (Å²) in [6.07, 6.45) is 2.76. The van der Waals surface area contributed by atoms with Crippen molar-refractivity contribution < 1.29 is 38.7 Å². The summed E-state index contributed by atoms with van der Waals surface area (Å²) in [5.41, 5.74) is 2.36. The molecule has 8 N–H and O–H groups in total. The monoisotopic (exact) mass is 788 g/mol. The van der Waals surface area contributed by atoms with Crippen molar-refractivity contribution in [3.8, 4) is 0 Å². The summed E-state index contributed by atoms with van der Waals surface area (Å²) in [6.45, 7) is 8.43. The Balaban J connectivity index is 1.69. The molecule has 0 aliphatic carbocycles. The SMILES string of the molecule is CC(C)[C@H](NC(=O)N[C@@H]1CCCCNC(=O)[C@H](Cc2ccccc2)NC(=O)[C@H](C)N(C)C(=O)[C@H](Cc2c[nH]c3ccccc23)NC(=O)[C@H](C(C)C)NC1=O)C(=O)O. The summed E-state index contributed by atoms with van der Waals surface area (Å²) in [5.74, 6) is -5.12. The van der Waals surface area contributed by atoms with E-state index in [9.17, 15) is 38.7 Å². The number of urea groups is 1. The molecule has 16 nitrogen and oxygen atoms in total. The number of carbonyl (C=O) groups excluding carboxylic acids is 6. The maximum absolute atomic E-state index is 14.3. The summed E-state index contributed by atoms with van der Waals surface area (Å²) in [7, 11) is 1.45. The fourth-order valence-corrected chi connectivity index (χ4v) is 6.67. The van der Waals surface area contributed by atoms with Gasteiger partial charge in [-0.25, -0.2) is 9.59 Å². The minimum absolute atomic E-state index is 0.0377. The van der Waals surface area contributed by atoms with E-state index in [4.69, 9.17) is 0 Å². The van der Waals surface area contributed by atoms with E-state index in [2.05, 4.69) is 36.9 Å². The van der Waals surface area contributed by atoms with Crippen LogP contribution in [0.2, 0.25) is 0 Å². The Morgan fingerprint density at radius 3 is 2.16 bits per heavy atom. The van der Waals surface area contributed by atoms with E-state index in [1.165, 1.54) is 18.9 Å². The Morgan fingerprint density at radius 2 is 1.49 bits per heavy atom. The molecule has 2 aromatic carbocycles. The van der Waals surface area contributed by atoms with Crippen LogP contribution in [-0.4, -0.2) is 106 Å². The number of carboxylic acids is 1. The molecule has 0 unspecified atom stereocenters. The highest BCUT2D eigenvalue weighted by Crippen LogP contribution is 2.20. The zero-order valence-corrected chi connectivity index (χ0v) is 33.4. The third-order valence-corrected chi connectivity index (χ3v) is 10.2. The van der Waals surface area contributed by atoms with E-state index < -0.39 is 89.6 Å². The standard InChI is InChI=1S/C41H56N8O8/c1-23(2)33-38(53)45-32(21-27-22-43-29-17-11-10-16-28(27)29)39(54)49(6)25(5)35(50)44-31(20-26-14-8-7-9-15-26)36(51)42-19-13-12-18-30(37(52)47-33)46-41(57)48-34(24(3)4)40(55)56/h7-11,14-17,22-25,30-34,43H,12-13,18-21H2,1-6H3,(H,42,51)(H,44,50)(H,45,53)(H,47,52)(H,55,56)(H2,46,48,57)/t25-,30+,31-,32-,33-,34-/m0/s1. The second kappa shape index (κ2) is 20.3. The molecule has 1 aliphatic rings. The number of carboxylic acid groups (broad SMARTS) is 1. The van der Waals surface area contributed by atoms with Gasteiger partial charge >= 0.3 is 12.0 Å². The second-order valence-corrected chi connectivity index (χ2v) is 15.2. The number of aromatic amines is 1. The molecule has 0 bridgehead atoms. The van der Waals surface area contributed by atoms with Crippen molar-refractivity contribution >= 4 is 52.4 Å². The topological polar surface area (TPSA) is 231 Å². The van der Waals surface area contributed by atoms with Gasteiger partial charge < -0.3 is 46.9 Å². The number of nitrogens with one attached hydrogen (secondary N) is 7. The molecule has 3 aromatic rings.